The number of hydrogen-bond acceptors (Lipinski definition) is 5. The molecule has 144 valence electrons. The number of para-hydroxylation sites is 1. The maximum Gasteiger partial charge on any atom is 0.344 e. The molecule has 6 nitrogen and oxygen atoms in total. The Bertz CT molecular complexity index is 974. The molecule has 2 aromatic carbocycles. The van der Waals surface area contributed by atoms with Gasteiger partial charge in [0, 0.05) is 5.56 Å². The summed E-state index contributed by atoms with van der Waals surface area (Å²) in [6.07, 6.45) is 0.937. The molecule has 1 atom stereocenters. The van der Waals surface area contributed by atoms with Gasteiger partial charge in [0.1, 0.15) is 11.6 Å². The number of nitrogens with one attached hydrogen (secondary N) is 1. The number of nitrogens with zero attached hydrogens (tertiary/aromatic N) is 1. The van der Waals surface area contributed by atoms with Crippen LogP contribution in [0.3, 0.4) is 0 Å². The fraction of sp³-hybridized carbons (Fsp3) is 0.150. The van der Waals surface area contributed by atoms with E-state index in [2.05, 4.69) is 10.3 Å². The third-order valence-corrected chi connectivity index (χ3v) is 4.72. The molecule has 0 radical (unpaired) electrons. The summed E-state index contributed by atoms with van der Waals surface area (Å²) in [5.41, 5.74) is 0.965. The molecule has 1 fully saturated rings. The van der Waals surface area contributed by atoms with Gasteiger partial charge in [-0.25, -0.2) is 14.2 Å². The van der Waals surface area contributed by atoms with Gasteiger partial charge in [-0.15, -0.1) is 0 Å². The molecule has 1 saturated heterocycles. The summed E-state index contributed by atoms with van der Waals surface area (Å²) in [7, 11) is 0. The van der Waals surface area contributed by atoms with Crippen LogP contribution in [-0.4, -0.2) is 28.3 Å². The minimum atomic E-state index is -1.05. The van der Waals surface area contributed by atoms with Crippen molar-refractivity contribution in [1.29, 1.82) is 0 Å². The van der Waals surface area contributed by atoms with E-state index < -0.39 is 17.9 Å². The van der Waals surface area contributed by atoms with E-state index in [1.165, 1.54) is 18.2 Å². The third-order valence-electron chi connectivity index (χ3n) is 3.81. The number of amides is 1. The second-order valence-corrected chi connectivity index (χ2v) is 6.88. The van der Waals surface area contributed by atoms with Crippen LogP contribution in [0.5, 0.6) is 5.75 Å². The molecule has 1 aliphatic rings. The van der Waals surface area contributed by atoms with E-state index in [0.29, 0.717) is 33.5 Å². The highest BCUT2D eigenvalue weighted by Gasteiger charge is 2.25. The van der Waals surface area contributed by atoms with Crippen LogP contribution < -0.4 is 10.1 Å². The average Bonchev–Trinajstić information content (AvgIpc) is 2.99. The Labute approximate surface area is 165 Å². The van der Waals surface area contributed by atoms with Crippen LogP contribution in [0.25, 0.3) is 6.08 Å². The summed E-state index contributed by atoms with van der Waals surface area (Å²) in [5, 5.41) is 12.2. The van der Waals surface area contributed by atoms with Crippen LogP contribution in [0.2, 0.25) is 0 Å². The summed E-state index contributed by atoms with van der Waals surface area (Å²) in [5.74, 6) is -1.45. The van der Waals surface area contributed by atoms with Crippen molar-refractivity contribution in [3.05, 3.63) is 64.8 Å². The number of hydrogen-bond donors (Lipinski definition) is 2. The highest BCUT2D eigenvalue weighted by atomic mass is 32.2. The first kappa shape index (κ1) is 19.6. The number of carboxylic acid groups (broad SMARTS) is 1. The molecule has 3 rings (SSSR count). The highest BCUT2D eigenvalue weighted by molar-refractivity contribution is 8.18. The minimum Gasteiger partial charge on any atom is -0.479 e. The van der Waals surface area contributed by atoms with Gasteiger partial charge in [0.25, 0.3) is 5.91 Å². The van der Waals surface area contributed by atoms with Crippen LogP contribution >= 0.6 is 11.8 Å². The van der Waals surface area contributed by atoms with Crippen molar-refractivity contribution in [2.24, 2.45) is 4.99 Å². The summed E-state index contributed by atoms with van der Waals surface area (Å²) >= 11 is 1.11. The molecule has 8 heteroatoms. The zero-order chi connectivity index (χ0) is 20.1. The van der Waals surface area contributed by atoms with E-state index in [-0.39, 0.29) is 5.91 Å². The van der Waals surface area contributed by atoms with Crippen LogP contribution in [0.15, 0.2) is 58.4 Å². The molecule has 0 aromatic heterocycles. The Balaban J connectivity index is 1.84. The van der Waals surface area contributed by atoms with Gasteiger partial charge in [0.15, 0.2) is 11.3 Å². The first-order valence-corrected chi connectivity index (χ1v) is 9.31. The van der Waals surface area contributed by atoms with Crippen molar-refractivity contribution in [3.63, 3.8) is 0 Å². The van der Waals surface area contributed by atoms with E-state index in [1.807, 2.05) is 0 Å². The SMILES string of the molecule is CCC(Oc1ccccc1/C=C1/SC(=Nc2cccc(F)c2)NC1=O)C(=O)O. The second-order valence-electron chi connectivity index (χ2n) is 5.85. The van der Waals surface area contributed by atoms with Gasteiger partial charge in [-0.2, -0.15) is 0 Å². The molecular weight excluding hydrogens is 383 g/mol. The number of benzene rings is 2. The second kappa shape index (κ2) is 8.71. The molecular formula is C20H17FN2O4S. The number of aliphatic carboxylic acids is 1. The van der Waals surface area contributed by atoms with Crippen molar-refractivity contribution >= 4 is 40.6 Å². The number of carbonyl (C=O) groups is 2. The Morgan fingerprint density at radius 3 is 2.82 bits per heavy atom. The normalized spacial score (nSPS) is 17.6. The maximum atomic E-state index is 13.3. The topological polar surface area (TPSA) is 88.0 Å². The Kier molecular flexibility index (Phi) is 6.10. The number of thioether (sulfide) groups is 1. The van der Waals surface area contributed by atoms with E-state index in [4.69, 9.17) is 4.74 Å². The van der Waals surface area contributed by atoms with E-state index in [9.17, 15) is 19.1 Å². The molecule has 0 saturated carbocycles. The third kappa shape index (κ3) is 4.77. The first-order valence-electron chi connectivity index (χ1n) is 8.50. The molecule has 0 spiro atoms. The number of carboxylic acids is 1. The predicted octanol–water partition coefficient (Wildman–Crippen LogP) is 3.96. The van der Waals surface area contributed by atoms with Crippen molar-refractivity contribution in [3.8, 4) is 5.75 Å². The summed E-state index contributed by atoms with van der Waals surface area (Å²) in [4.78, 5) is 28.1. The fourth-order valence-electron chi connectivity index (χ4n) is 2.45. The lowest BCUT2D eigenvalue weighted by atomic mass is 10.1. The first-order chi connectivity index (χ1) is 13.5. The Morgan fingerprint density at radius 2 is 2.11 bits per heavy atom. The quantitative estimate of drug-likeness (QED) is 0.717. The summed E-state index contributed by atoms with van der Waals surface area (Å²) < 4.78 is 18.9. The van der Waals surface area contributed by atoms with Crippen LogP contribution in [0.4, 0.5) is 10.1 Å². The van der Waals surface area contributed by atoms with Gasteiger partial charge < -0.3 is 15.2 Å². The lowest BCUT2D eigenvalue weighted by Gasteiger charge is -2.15. The molecule has 1 unspecified atom stereocenters. The van der Waals surface area contributed by atoms with Crippen LogP contribution in [0.1, 0.15) is 18.9 Å². The lowest BCUT2D eigenvalue weighted by molar-refractivity contribution is -0.145. The molecule has 2 N–H and O–H groups in total. The van der Waals surface area contributed by atoms with E-state index in [1.54, 1.807) is 43.3 Å². The predicted molar refractivity (Wildman–Crippen MR) is 106 cm³/mol. The van der Waals surface area contributed by atoms with Gasteiger partial charge in [0.05, 0.1) is 10.6 Å². The molecule has 0 bridgehead atoms. The zero-order valence-electron chi connectivity index (χ0n) is 14.9. The van der Waals surface area contributed by atoms with Gasteiger partial charge in [-0.1, -0.05) is 31.2 Å². The monoisotopic (exact) mass is 400 g/mol. The Hall–Kier alpha value is -3.13. The smallest absolute Gasteiger partial charge is 0.344 e. The number of rotatable bonds is 6. The summed E-state index contributed by atoms with van der Waals surface area (Å²) in [6, 6.07) is 12.6. The van der Waals surface area contributed by atoms with Gasteiger partial charge in [-0.3, -0.25) is 4.79 Å². The number of amidine groups is 1. The molecule has 28 heavy (non-hydrogen) atoms. The van der Waals surface area contributed by atoms with Crippen molar-refractivity contribution in [2.75, 3.05) is 0 Å². The van der Waals surface area contributed by atoms with E-state index >= 15 is 0 Å². The number of aliphatic imine (C=N–C) groups is 1. The van der Waals surface area contributed by atoms with Crippen molar-refractivity contribution in [1.82, 2.24) is 5.32 Å². The number of carbonyl (C=O) groups excluding carboxylic acids is 1. The molecule has 1 amide bonds. The minimum absolute atomic E-state index is 0.305. The van der Waals surface area contributed by atoms with Crippen molar-refractivity contribution < 1.29 is 23.8 Å². The largest absolute Gasteiger partial charge is 0.479 e. The molecule has 2 aromatic rings. The summed E-state index contributed by atoms with van der Waals surface area (Å²) in [6.45, 7) is 1.72. The molecule has 1 heterocycles. The number of ether oxygens (including phenoxy) is 1. The fourth-order valence-corrected chi connectivity index (χ4v) is 3.29. The van der Waals surface area contributed by atoms with Crippen molar-refractivity contribution in [2.45, 2.75) is 19.4 Å². The molecule has 0 aliphatic carbocycles. The highest BCUT2D eigenvalue weighted by Crippen LogP contribution is 2.31. The Morgan fingerprint density at radius 1 is 1.32 bits per heavy atom. The average molecular weight is 400 g/mol. The van der Waals surface area contributed by atoms with Crippen LogP contribution in [0, 0.1) is 5.82 Å². The standard InChI is InChI=1S/C20H17FN2O4S/c1-2-15(19(25)26)27-16-9-4-3-6-12(16)10-17-18(24)23-20(28-17)22-14-8-5-7-13(21)11-14/h3-11,15H,2H2,1H3,(H,25,26)(H,22,23,24)/b17-10+. The van der Waals surface area contributed by atoms with Crippen LogP contribution in [-0.2, 0) is 9.59 Å². The lowest BCUT2D eigenvalue weighted by Crippen LogP contribution is -2.26. The number of halogens is 1. The maximum absolute atomic E-state index is 13.3. The zero-order valence-corrected chi connectivity index (χ0v) is 15.7. The van der Waals surface area contributed by atoms with Gasteiger partial charge >= 0.3 is 5.97 Å². The molecule has 1 aliphatic heterocycles. The van der Waals surface area contributed by atoms with E-state index in [0.717, 1.165) is 11.8 Å². The van der Waals surface area contributed by atoms with Gasteiger partial charge in [-0.05, 0) is 48.5 Å². The van der Waals surface area contributed by atoms with Gasteiger partial charge in [0.2, 0.25) is 0 Å².